The molecule has 1 saturated carbocycles. The van der Waals surface area contributed by atoms with Gasteiger partial charge in [-0.25, -0.2) is 0 Å². The molecular formula is C20H29NO3. The van der Waals surface area contributed by atoms with Crippen LogP contribution in [0.1, 0.15) is 37.7 Å². The van der Waals surface area contributed by atoms with Crippen molar-refractivity contribution in [2.24, 2.45) is 5.92 Å². The maximum absolute atomic E-state index is 6.21. The maximum Gasteiger partial charge on any atom is 0.123 e. The number of methoxy groups -OCH3 is 1. The fourth-order valence-corrected chi connectivity index (χ4v) is 4.01. The number of ether oxygens (including phenoxy) is 3. The van der Waals surface area contributed by atoms with E-state index in [0.717, 1.165) is 63.8 Å². The highest BCUT2D eigenvalue weighted by molar-refractivity contribution is 5.33. The first kappa shape index (κ1) is 16.4. The Balaban J connectivity index is 1.27. The summed E-state index contributed by atoms with van der Waals surface area (Å²) in [6, 6.07) is 8.33. The van der Waals surface area contributed by atoms with Crippen LogP contribution in [0.25, 0.3) is 0 Å². The highest BCUT2D eigenvalue weighted by Crippen LogP contribution is 2.38. The van der Waals surface area contributed by atoms with Crippen molar-refractivity contribution >= 4 is 0 Å². The van der Waals surface area contributed by atoms with Gasteiger partial charge in [0, 0.05) is 38.2 Å². The zero-order chi connectivity index (χ0) is 16.4. The van der Waals surface area contributed by atoms with Crippen LogP contribution in [0.15, 0.2) is 24.3 Å². The fourth-order valence-electron chi connectivity index (χ4n) is 4.01. The SMILES string of the molecule is COc1ccccc1CN1CCC2(CC1)C[C@H](OCC1CC1)CO2. The first-order chi connectivity index (χ1) is 11.8. The molecule has 2 heterocycles. The van der Waals surface area contributed by atoms with E-state index >= 15 is 0 Å². The minimum absolute atomic E-state index is 0.0749. The van der Waals surface area contributed by atoms with Gasteiger partial charge in [-0.2, -0.15) is 0 Å². The number of hydrogen-bond acceptors (Lipinski definition) is 4. The summed E-state index contributed by atoms with van der Waals surface area (Å²) in [5.74, 6) is 1.83. The molecule has 1 aromatic carbocycles. The van der Waals surface area contributed by atoms with Gasteiger partial charge in [-0.15, -0.1) is 0 Å². The number of para-hydroxylation sites is 1. The Hall–Kier alpha value is -1.10. The van der Waals surface area contributed by atoms with Crippen LogP contribution in [0.2, 0.25) is 0 Å². The van der Waals surface area contributed by atoms with Gasteiger partial charge in [0.2, 0.25) is 0 Å². The Labute approximate surface area is 145 Å². The lowest BCUT2D eigenvalue weighted by Crippen LogP contribution is -2.44. The van der Waals surface area contributed by atoms with Gasteiger partial charge in [0.15, 0.2) is 0 Å². The minimum Gasteiger partial charge on any atom is -0.496 e. The molecule has 0 aromatic heterocycles. The molecular weight excluding hydrogens is 302 g/mol. The summed E-state index contributed by atoms with van der Waals surface area (Å²) in [4.78, 5) is 2.52. The summed E-state index contributed by atoms with van der Waals surface area (Å²) < 4.78 is 17.7. The lowest BCUT2D eigenvalue weighted by atomic mass is 9.88. The molecule has 0 radical (unpaired) electrons. The Kier molecular flexibility index (Phi) is 4.79. The van der Waals surface area contributed by atoms with E-state index in [4.69, 9.17) is 14.2 Å². The Morgan fingerprint density at radius 2 is 2.00 bits per heavy atom. The van der Waals surface area contributed by atoms with Crippen molar-refractivity contribution in [3.05, 3.63) is 29.8 Å². The maximum atomic E-state index is 6.21. The predicted octanol–water partition coefficient (Wildman–Crippen LogP) is 3.25. The van der Waals surface area contributed by atoms with Crippen molar-refractivity contribution in [2.75, 3.05) is 33.4 Å². The van der Waals surface area contributed by atoms with Gasteiger partial charge in [-0.05, 0) is 37.7 Å². The second-order valence-corrected chi connectivity index (χ2v) is 7.68. The standard InChI is InChI=1S/C20H29NO3/c1-22-19-5-3-2-4-17(19)13-21-10-8-20(9-11-21)12-18(15-24-20)23-14-16-6-7-16/h2-5,16,18H,6-15H2,1H3/t18-/m0/s1. The molecule has 2 aliphatic heterocycles. The molecule has 1 aliphatic carbocycles. The molecule has 1 atom stereocenters. The van der Waals surface area contributed by atoms with Crippen LogP contribution in [0, 0.1) is 5.92 Å². The van der Waals surface area contributed by atoms with E-state index in [-0.39, 0.29) is 5.60 Å². The summed E-state index contributed by atoms with van der Waals surface area (Å²) in [6.07, 6.45) is 6.36. The molecule has 3 fully saturated rings. The third-order valence-electron chi connectivity index (χ3n) is 5.79. The second-order valence-electron chi connectivity index (χ2n) is 7.68. The van der Waals surface area contributed by atoms with Crippen LogP contribution in [-0.2, 0) is 16.0 Å². The third kappa shape index (κ3) is 3.76. The molecule has 132 valence electrons. The van der Waals surface area contributed by atoms with Crippen LogP contribution in [0.5, 0.6) is 5.75 Å². The van der Waals surface area contributed by atoms with Crippen LogP contribution in [0.3, 0.4) is 0 Å². The summed E-state index contributed by atoms with van der Waals surface area (Å²) >= 11 is 0. The third-order valence-corrected chi connectivity index (χ3v) is 5.79. The zero-order valence-electron chi connectivity index (χ0n) is 14.7. The molecule has 3 aliphatic rings. The summed E-state index contributed by atoms with van der Waals surface area (Å²) in [6.45, 7) is 4.88. The Bertz CT molecular complexity index is 550. The van der Waals surface area contributed by atoms with Crippen molar-refractivity contribution in [1.29, 1.82) is 0 Å². The van der Waals surface area contributed by atoms with E-state index in [1.807, 2.05) is 12.1 Å². The van der Waals surface area contributed by atoms with E-state index in [0.29, 0.717) is 6.10 Å². The molecule has 4 nitrogen and oxygen atoms in total. The van der Waals surface area contributed by atoms with Crippen LogP contribution < -0.4 is 4.74 Å². The topological polar surface area (TPSA) is 30.9 Å². The second kappa shape index (κ2) is 7.03. The van der Waals surface area contributed by atoms with E-state index in [1.54, 1.807) is 7.11 Å². The van der Waals surface area contributed by atoms with Gasteiger partial charge in [-0.3, -0.25) is 4.90 Å². The van der Waals surface area contributed by atoms with Crippen molar-refractivity contribution in [3.8, 4) is 5.75 Å². The number of benzene rings is 1. The van der Waals surface area contributed by atoms with Crippen molar-refractivity contribution in [3.63, 3.8) is 0 Å². The molecule has 24 heavy (non-hydrogen) atoms. The number of hydrogen-bond donors (Lipinski definition) is 0. The lowest BCUT2D eigenvalue weighted by Gasteiger charge is -2.38. The fraction of sp³-hybridized carbons (Fsp3) is 0.700. The first-order valence-electron chi connectivity index (χ1n) is 9.36. The van der Waals surface area contributed by atoms with Crippen LogP contribution >= 0.6 is 0 Å². The molecule has 1 spiro atoms. The molecule has 2 saturated heterocycles. The molecule has 0 unspecified atom stereocenters. The lowest BCUT2D eigenvalue weighted by molar-refractivity contribution is -0.0467. The van der Waals surface area contributed by atoms with E-state index in [2.05, 4.69) is 17.0 Å². The monoisotopic (exact) mass is 331 g/mol. The normalized spacial score (nSPS) is 26.8. The van der Waals surface area contributed by atoms with Gasteiger partial charge in [0.1, 0.15) is 5.75 Å². The molecule has 4 heteroatoms. The number of nitrogens with zero attached hydrogens (tertiary/aromatic N) is 1. The van der Waals surface area contributed by atoms with Gasteiger partial charge in [0.05, 0.1) is 25.4 Å². The molecule has 0 bridgehead atoms. The number of rotatable bonds is 6. The first-order valence-corrected chi connectivity index (χ1v) is 9.36. The quantitative estimate of drug-likeness (QED) is 0.801. The molecule has 1 aromatic rings. The molecule has 0 N–H and O–H groups in total. The summed E-state index contributed by atoms with van der Waals surface area (Å²) in [5.41, 5.74) is 1.35. The van der Waals surface area contributed by atoms with Crippen molar-refractivity contribution in [1.82, 2.24) is 4.90 Å². The van der Waals surface area contributed by atoms with Gasteiger partial charge in [0.25, 0.3) is 0 Å². The highest BCUT2D eigenvalue weighted by Gasteiger charge is 2.43. The van der Waals surface area contributed by atoms with Gasteiger partial charge in [-0.1, -0.05) is 18.2 Å². The largest absolute Gasteiger partial charge is 0.496 e. The summed E-state index contributed by atoms with van der Waals surface area (Å²) in [5, 5.41) is 0. The minimum atomic E-state index is 0.0749. The van der Waals surface area contributed by atoms with Crippen LogP contribution in [-0.4, -0.2) is 50.0 Å². The number of piperidine rings is 1. The average molecular weight is 331 g/mol. The van der Waals surface area contributed by atoms with E-state index in [9.17, 15) is 0 Å². The van der Waals surface area contributed by atoms with E-state index < -0.39 is 0 Å². The summed E-state index contributed by atoms with van der Waals surface area (Å²) in [7, 11) is 1.75. The van der Waals surface area contributed by atoms with Crippen LogP contribution in [0.4, 0.5) is 0 Å². The Morgan fingerprint density at radius 3 is 2.75 bits per heavy atom. The highest BCUT2D eigenvalue weighted by atomic mass is 16.6. The van der Waals surface area contributed by atoms with Crippen molar-refractivity contribution in [2.45, 2.75) is 50.4 Å². The van der Waals surface area contributed by atoms with Gasteiger partial charge >= 0.3 is 0 Å². The molecule has 0 amide bonds. The Morgan fingerprint density at radius 1 is 1.21 bits per heavy atom. The number of likely N-dealkylation sites (tertiary alicyclic amines) is 1. The van der Waals surface area contributed by atoms with Crippen molar-refractivity contribution < 1.29 is 14.2 Å². The molecule has 4 rings (SSSR count). The zero-order valence-corrected chi connectivity index (χ0v) is 14.7. The average Bonchev–Trinajstić information content (AvgIpc) is 3.37. The van der Waals surface area contributed by atoms with Gasteiger partial charge < -0.3 is 14.2 Å². The predicted molar refractivity (Wildman–Crippen MR) is 93.3 cm³/mol. The smallest absolute Gasteiger partial charge is 0.123 e. The van der Waals surface area contributed by atoms with E-state index in [1.165, 1.54) is 18.4 Å².